The molecule has 0 radical (unpaired) electrons. The van der Waals surface area contributed by atoms with E-state index >= 15 is 0 Å². The van der Waals surface area contributed by atoms with Gasteiger partial charge < -0.3 is 4.98 Å². The zero-order valence-corrected chi connectivity index (χ0v) is 17.8. The monoisotopic (exact) mass is 414 g/mol. The van der Waals surface area contributed by atoms with Crippen molar-refractivity contribution in [2.45, 2.75) is 51.0 Å². The number of sulfonamides is 1. The third-order valence-electron chi connectivity index (χ3n) is 5.70. The molecule has 4 rings (SSSR count). The Bertz CT molecular complexity index is 1230. The van der Waals surface area contributed by atoms with Crippen LogP contribution in [0.3, 0.4) is 0 Å². The molecule has 3 aromatic rings. The van der Waals surface area contributed by atoms with Crippen LogP contribution in [-0.4, -0.2) is 40.6 Å². The van der Waals surface area contributed by atoms with Gasteiger partial charge in [-0.25, -0.2) is 8.42 Å². The summed E-state index contributed by atoms with van der Waals surface area (Å²) in [6, 6.07) is 6.02. The molecular weight excluding hydrogens is 388 g/mol. The summed E-state index contributed by atoms with van der Waals surface area (Å²) in [5, 5.41) is 5.71. The smallest absolute Gasteiger partial charge is 0.256 e. The van der Waals surface area contributed by atoms with Crippen molar-refractivity contribution in [3.05, 3.63) is 57.8 Å². The molecule has 1 fully saturated rings. The first kappa shape index (κ1) is 19.8. The van der Waals surface area contributed by atoms with E-state index in [2.05, 4.69) is 10.1 Å². The van der Waals surface area contributed by atoms with Gasteiger partial charge in [-0.1, -0.05) is 17.7 Å². The van der Waals surface area contributed by atoms with Crippen LogP contribution in [0.15, 0.2) is 40.3 Å². The minimum absolute atomic E-state index is 0.0438. The normalized spacial score (nSPS) is 18.4. The summed E-state index contributed by atoms with van der Waals surface area (Å²) in [6.45, 7) is 7.32. The second-order valence-electron chi connectivity index (χ2n) is 7.83. The topological polar surface area (TPSA) is 88.1 Å². The third kappa shape index (κ3) is 3.62. The summed E-state index contributed by atoms with van der Waals surface area (Å²) in [5.74, 6) is -0.0438. The Morgan fingerprint density at radius 3 is 2.76 bits per heavy atom. The van der Waals surface area contributed by atoms with Gasteiger partial charge in [0.2, 0.25) is 10.0 Å². The second-order valence-corrected chi connectivity index (χ2v) is 9.77. The van der Waals surface area contributed by atoms with Gasteiger partial charge in [-0.05, 0) is 50.6 Å². The molecule has 0 bridgehead atoms. The molecular formula is C21H26N4O3S. The number of piperidine rings is 1. The van der Waals surface area contributed by atoms with Gasteiger partial charge in [0.1, 0.15) is 4.90 Å². The van der Waals surface area contributed by atoms with Crippen LogP contribution in [0.4, 0.5) is 0 Å². The minimum atomic E-state index is -3.60. The Kier molecular flexibility index (Phi) is 5.08. The standard InChI is InChI=1S/C21H26N4O3S/c1-4-24-13-18(11-22-24)29(27,28)25-7-5-6-16(12-25)19-10-17-9-14(2)8-15(3)20(17)21(26)23-19/h8-11,13,16H,4-7,12H2,1-3H3,(H,23,26)/t16-/m1/s1. The average Bonchev–Trinajstić information content (AvgIpc) is 3.17. The first-order valence-electron chi connectivity index (χ1n) is 9.96. The maximum absolute atomic E-state index is 13.1. The molecule has 29 heavy (non-hydrogen) atoms. The van der Waals surface area contributed by atoms with Crippen LogP contribution in [0.2, 0.25) is 0 Å². The lowest BCUT2D eigenvalue weighted by molar-refractivity contribution is 0.312. The fraction of sp³-hybridized carbons (Fsp3) is 0.429. The highest BCUT2D eigenvalue weighted by atomic mass is 32.2. The number of aryl methyl sites for hydroxylation is 3. The SMILES string of the molecule is CCn1cc(S(=O)(=O)N2CCC[C@@H](c3cc4cc(C)cc(C)c4c(=O)[nH]3)C2)cn1. The Hall–Kier alpha value is -2.45. The van der Waals surface area contributed by atoms with E-state index in [1.807, 2.05) is 39.0 Å². The van der Waals surface area contributed by atoms with E-state index in [1.54, 1.807) is 10.9 Å². The highest BCUT2D eigenvalue weighted by molar-refractivity contribution is 7.89. The predicted octanol–water partition coefficient (Wildman–Crippen LogP) is 2.93. The first-order chi connectivity index (χ1) is 13.8. The fourth-order valence-electron chi connectivity index (χ4n) is 4.26. The summed E-state index contributed by atoms with van der Waals surface area (Å²) >= 11 is 0. The summed E-state index contributed by atoms with van der Waals surface area (Å²) < 4.78 is 29.3. The Labute approximate surface area is 170 Å². The predicted molar refractivity (Wildman–Crippen MR) is 113 cm³/mol. The van der Waals surface area contributed by atoms with Crippen molar-refractivity contribution in [1.29, 1.82) is 0 Å². The Balaban J connectivity index is 1.67. The molecule has 0 aliphatic carbocycles. The molecule has 0 spiro atoms. The lowest BCUT2D eigenvalue weighted by Gasteiger charge is -2.31. The number of benzene rings is 1. The number of aromatic nitrogens is 3. The minimum Gasteiger partial charge on any atom is -0.325 e. The highest BCUT2D eigenvalue weighted by Crippen LogP contribution is 2.30. The van der Waals surface area contributed by atoms with Crippen LogP contribution in [0, 0.1) is 13.8 Å². The summed E-state index contributed by atoms with van der Waals surface area (Å²) in [4.78, 5) is 15.9. The van der Waals surface area contributed by atoms with Crippen molar-refractivity contribution >= 4 is 20.8 Å². The molecule has 1 aliphatic rings. The van der Waals surface area contributed by atoms with Crippen molar-refractivity contribution in [3.8, 4) is 0 Å². The number of H-pyrrole nitrogens is 1. The fourth-order valence-corrected chi connectivity index (χ4v) is 5.74. The molecule has 1 aliphatic heterocycles. The lowest BCUT2D eigenvalue weighted by Crippen LogP contribution is -2.39. The number of nitrogens with zero attached hydrogens (tertiary/aromatic N) is 3. The molecule has 1 saturated heterocycles. The van der Waals surface area contributed by atoms with Gasteiger partial charge in [0, 0.05) is 42.8 Å². The van der Waals surface area contributed by atoms with Crippen LogP contribution >= 0.6 is 0 Å². The van der Waals surface area contributed by atoms with E-state index in [0.717, 1.165) is 35.0 Å². The van der Waals surface area contributed by atoms with Crippen LogP contribution in [-0.2, 0) is 16.6 Å². The average molecular weight is 415 g/mol. The van der Waals surface area contributed by atoms with E-state index in [0.29, 0.717) is 25.0 Å². The first-order valence-corrected chi connectivity index (χ1v) is 11.4. The van der Waals surface area contributed by atoms with Gasteiger partial charge >= 0.3 is 0 Å². The summed E-state index contributed by atoms with van der Waals surface area (Å²) in [6.07, 6.45) is 4.57. The molecule has 1 atom stereocenters. The third-order valence-corrected chi connectivity index (χ3v) is 7.52. The molecule has 3 heterocycles. The number of fused-ring (bicyclic) bond motifs is 1. The van der Waals surface area contributed by atoms with Crippen LogP contribution in [0.25, 0.3) is 10.8 Å². The zero-order chi connectivity index (χ0) is 20.8. The second kappa shape index (κ2) is 7.42. The van der Waals surface area contributed by atoms with E-state index in [1.165, 1.54) is 10.5 Å². The molecule has 2 aromatic heterocycles. The lowest BCUT2D eigenvalue weighted by atomic mass is 9.93. The number of hydrogen-bond donors (Lipinski definition) is 1. The Morgan fingerprint density at radius 2 is 2.03 bits per heavy atom. The van der Waals surface area contributed by atoms with Crippen molar-refractivity contribution in [3.63, 3.8) is 0 Å². The maximum Gasteiger partial charge on any atom is 0.256 e. The molecule has 1 N–H and O–H groups in total. The van der Waals surface area contributed by atoms with Crippen LogP contribution in [0.1, 0.15) is 42.5 Å². The van der Waals surface area contributed by atoms with Crippen molar-refractivity contribution < 1.29 is 8.42 Å². The number of nitrogens with one attached hydrogen (secondary N) is 1. The van der Waals surface area contributed by atoms with Crippen LogP contribution < -0.4 is 5.56 Å². The zero-order valence-electron chi connectivity index (χ0n) is 17.0. The molecule has 0 amide bonds. The maximum atomic E-state index is 13.1. The molecule has 0 unspecified atom stereocenters. The van der Waals surface area contributed by atoms with Gasteiger partial charge in [0.15, 0.2) is 0 Å². The number of aromatic amines is 1. The van der Waals surface area contributed by atoms with E-state index in [4.69, 9.17) is 0 Å². The van der Waals surface area contributed by atoms with Crippen molar-refractivity contribution in [2.24, 2.45) is 0 Å². The van der Waals surface area contributed by atoms with Gasteiger partial charge in [-0.3, -0.25) is 9.48 Å². The van der Waals surface area contributed by atoms with E-state index in [9.17, 15) is 13.2 Å². The van der Waals surface area contributed by atoms with Crippen molar-refractivity contribution in [1.82, 2.24) is 19.1 Å². The van der Waals surface area contributed by atoms with Crippen molar-refractivity contribution in [2.75, 3.05) is 13.1 Å². The quantitative estimate of drug-likeness (QED) is 0.711. The molecule has 154 valence electrons. The Morgan fingerprint density at radius 1 is 1.24 bits per heavy atom. The highest BCUT2D eigenvalue weighted by Gasteiger charge is 2.32. The number of rotatable bonds is 4. The van der Waals surface area contributed by atoms with Crippen LogP contribution in [0.5, 0.6) is 0 Å². The molecule has 1 aromatic carbocycles. The van der Waals surface area contributed by atoms with Gasteiger partial charge in [-0.2, -0.15) is 9.40 Å². The molecule has 7 nitrogen and oxygen atoms in total. The summed E-state index contributed by atoms with van der Waals surface area (Å²) in [5.41, 5.74) is 2.75. The van der Waals surface area contributed by atoms with Gasteiger partial charge in [-0.15, -0.1) is 0 Å². The van der Waals surface area contributed by atoms with Gasteiger partial charge in [0.05, 0.1) is 6.20 Å². The van der Waals surface area contributed by atoms with Gasteiger partial charge in [0.25, 0.3) is 5.56 Å². The van der Waals surface area contributed by atoms with E-state index < -0.39 is 10.0 Å². The largest absolute Gasteiger partial charge is 0.325 e. The molecule has 0 saturated carbocycles. The summed E-state index contributed by atoms with van der Waals surface area (Å²) in [7, 11) is -3.60. The molecule has 8 heteroatoms. The van der Waals surface area contributed by atoms with E-state index in [-0.39, 0.29) is 16.4 Å². The number of pyridine rings is 1. The number of hydrogen-bond acceptors (Lipinski definition) is 4.